The molecule has 2 aromatic rings. The van der Waals surface area contributed by atoms with Crippen LogP contribution in [0.2, 0.25) is 0 Å². The summed E-state index contributed by atoms with van der Waals surface area (Å²) in [5.74, 6) is 0.823. The van der Waals surface area contributed by atoms with Crippen molar-refractivity contribution >= 4 is 17.8 Å². The molecule has 0 unspecified atom stereocenters. The monoisotopic (exact) mass is 369 g/mol. The Morgan fingerprint density at radius 2 is 2.00 bits per heavy atom. The van der Waals surface area contributed by atoms with Gasteiger partial charge in [-0.1, -0.05) is 12.1 Å². The van der Waals surface area contributed by atoms with Crippen LogP contribution in [0.3, 0.4) is 0 Å². The molecule has 0 aromatic heterocycles. The third-order valence-corrected chi connectivity index (χ3v) is 4.32. The number of nitrogens with zero attached hydrogens (tertiary/aromatic N) is 2. The molecule has 1 aliphatic heterocycles. The molecule has 1 aliphatic rings. The van der Waals surface area contributed by atoms with E-state index in [4.69, 9.17) is 9.47 Å². The predicted octanol–water partition coefficient (Wildman–Crippen LogP) is 2.53. The number of aromatic hydroxyl groups is 1. The molecule has 1 heterocycles. The van der Waals surface area contributed by atoms with E-state index in [0.29, 0.717) is 17.1 Å². The highest BCUT2D eigenvalue weighted by atomic mass is 16.6. The largest absolute Gasteiger partial charge is 0.507 e. The van der Waals surface area contributed by atoms with Gasteiger partial charge in [0.1, 0.15) is 12.4 Å². The Bertz CT molecular complexity index is 834. The predicted molar refractivity (Wildman–Crippen MR) is 104 cm³/mol. The molecular weight excluding hydrogens is 346 g/mol. The Kier molecular flexibility index (Phi) is 5.80. The third kappa shape index (κ3) is 4.31. The lowest BCUT2D eigenvalue weighted by Crippen LogP contribution is -2.42. The van der Waals surface area contributed by atoms with E-state index in [9.17, 15) is 9.90 Å². The number of anilines is 1. The highest BCUT2D eigenvalue weighted by Gasteiger charge is 2.27. The molecule has 0 saturated heterocycles. The van der Waals surface area contributed by atoms with Gasteiger partial charge < -0.3 is 19.5 Å². The van der Waals surface area contributed by atoms with Gasteiger partial charge in [0.05, 0.1) is 6.21 Å². The molecule has 7 nitrogen and oxygen atoms in total. The molecule has 142 valence electrons. The number of amides is 1. The lowest BCUT2D eigenvalue weighted by atomic mass is 10.2. The number of hydrogen-bond donors (Lipinski definition) is 2. The molecular formula is C20H23N3O4. The topological polar surface area (TPSA) is 83.4 Å². The molecule has 3 rings (SSSR count). The van der Waals surface area contributed by atoms with Crippen molar-refractivity contribution < 1.29 is 19.4 Å². The number of carbonyl (C=O) groups excluding carboxylic acids is 1. The van der Waals surface area contributed by atoms with Crippen LogP contribution >= 0.6 is 0 Å². The Balaban J connectivity index is 1.60. The van der Waals surface area contributed by atoms with E-state index in [1.165, 1.54) is 6.21 Å². The number of hydrogen-bond acceptors (Lipinski definition) is 6. The van der Waals surface area contributed by atoms with Crippen LogP contribution < -0.4 is 19.8 Å². The molecule has 7 heteroatoms. The highest BCUT2D eigenvalue weighted by molar-refractivity contribution is 5.87. The summed E-state index contributed by atoms with van der Waals surface area (Å²) < 4.78 is 11.1. The van der Waals surface area contributed by atoms with Crippen molar-refractivity contribution in [2.45, 2.75) is 20.0 Å². The van der Waals surface area contributed by atoms with Crippen molar-refractivity contribution in [3.63, 3.8) is 0 Å². The Labute approximate surface area is 158 Å². The Morgan fingerprint density at radius 1 is 1.26 bits per heavy atom. The van der Waals surface area contributed by atoms with E-state index in [-0.39, 0.29) is 12.4 Å². The van der Waals surface area contributed by atoms with Crippen LogP contribution in [0.1, 0.15) is 19.4 Å². The average molecular weight is 369 g/mol. The van der Waals surface area contributed by atoms with Crippen molar-refractivity contribution in [2.75, 3.05) is 24.6 Å². The highest BCUT2D eigenvalue weighted by Crippen LogP contribution is 2.30. The fraction of sp³-hybridized carbons (Fsp3) is 0.300. The number of phenolic OH excluding ortho intramolecular Hbond substituents is 1. The second-order valence-corrected chi connectivity index (χ2v) is 6.01. The van der Waals surface area contributed by atoms with Crippen LogP contribution in [0.15, 0.2) is 47.6 Å². The van der Waals surface area contributed by atoms with Crippen LogP contribution in [-0.4, -0.2) is 43.0 Å². The molecule has 0 saturated carbocycles. The third-order valence-electron chi connectivity index (χ3n) is 4.32. The molecule has 2 aromatic carbocycles. The van der Waals surface area contributed by atoms with E-state index in [1.807, 2.05) is 18.2 Å². The summed E-state index contributed by atoms with van der Waals surface area (Å²) in [5.41, 5.74) is 3.87. The molecule has 0 spiro atoms. The number of carbonyl (C=O) groups is 1. The summed E-state index contributed by atoms with van der Waals surface area (Å²) in [7, 11) is 0. The van der Waals surface area contributed by atoms with Crippen molar-refractivity contribution in [1.29, 1.82) is 0 Å². The molecule has 1 atom stereocenters. The van der Waals surface area contributed by atoms with Crippen LogP contribution in [0, 0.1) is 0 Å². The quantitative estimate of drug-likeness (QED) is 0.604. The lowest BCUT2D eigenvalue weighted by Gasteiger charge is -2.24. The molecule has 0 radical (unpaired) electrons. The number of phenols is 1. The second-order valence-electron chi connectivity index (χ2n) is 6.01. The fourth-order valence-electron chi connectivity index (χ4n) is 2.81. The van der Waals surface area contributed by atoms with Gasteiger partial charge in [-0.05, 0) is 38.1 Å². The summed E-state index contributed by atoms with van der Waals surface area (Å²) in [5, 5.41) is 14.1. The number of benzene rings is 2. The van der Waals surface area contributed by atoms with Gasteiger partial charge in [-0.15, -0.1) is 0 Å². The summed E-state index contributed by atoms with van der Waals surface area (Å²) in [6.45, 7) is 5.93. The van der Waals surface area contributed by atoms with Gasteiger partial charge in [-0.25, -0.2) is 5.43 Å². The molecule has 2 N–H and O–H groups in total. The lowest BCUT2D eigenvalue weighted by molar-refractivity contribution is -0.130. The normalized spacial score (nSPS) is 15.6. The minimum atomic E-state index is -0.782. The number of fused-ring (bicyclic) bond motifs is 1. The van der Waals surface area contributed by atoms with Gasteiger partial charge in [0.25, 0.3) is 5.91 Å². The molecule has 0 bridgehead atoms. The van der Waals surface area contributed by atoms with Gasteiger partial charge >= 0.3 is 0 Å². The minimum Gasteiger partial charge on any atom is -0.507 e. The number of para-hydroxylation sites is 2. The van der Waals surface area contributed by atoms with E-state index in [1.54, 1.807) is 24.3 Å². The van der Waals surface area contributed by atoms with Crippen molar-refractivity contribution in [1.82, 2.24) is 5.43 Å². The van der Waals surface area contributed by atoms with Gasteiger partial charge in [-0.3, -0.25) is 4.79 Å². The first-order valence-corrected chi connectivity index (χ1v) is 8.91. The fourth-order valence-corrected chi connectivity index (χ4v) is 2.81. The molecule has 27 heavy (non-hydrogen) atoms. The summed E-state index contributed by atoms with van der Waals surface area (Å²) >= 11 is 0. The number of ether oxygens (including phenoxy) is 2. The van der Waals surface area contributed by atoms with Gasteiger partial charge in [-0.2, -0.15) is 5.10 Å². The maximum absolute atomic E-state index is 12.2. The zero-order chi connectivity index (χ0) is 19.2. The van der Waals surface area contributed by atoms with Gasteiger partial charge in [0.2, 0.25) is 6.10 Å². The zero-order valence-electron chi connectivity index (χ0n) is 15.4. The van der Waals surface area contributed by atoms with Crippen LogP contribution in [-0.2, 0) is 4.79 Å². The van der Waals surface area contributed by atoms with E-state index >= 15 is 0 Å². The minimum absolute atomic E-state index is 0.101. The van der Waals surface area contributed by atoms with E-state index in [2.05, 4.69) is 29.3 Å². The van der Waals surface area contributed by atoms with Crippen LogP contribution in [0.4, 0.5) is 5.69 Å². The SMILES string of the molecule is CCN(CC)c1ccc(/C=N\NC(=O)[C@H]2COc3ccccc3O2)c(O)c1. The second kappa shape index (κ2) is 8.44. The Morgan fingerprint density at radius 3 is 2.70 bits per heavy atom. The van der Waals surface area contributed by atoms with E-state index in [0.717, 1.165) is 18.8 Å². The Hall–Kier alpha value is -3.22. The smallest absolute Gasteiger partial charge is 0.284 e. The van der Waals surface area contributed by atoms with Crippen molar-refractivity contribution in [3.8, 4) is 17.2 Å². The first-order chi connectivity index (χ1) is 13.1. The average Bonchev–Trinajstić information content (AvgIpc) is 2.70. The number of rotatable bonds is 6. The van der Waals surface area contributed by atoms with Crippen LogP contribution in [0.5, 0.6) is 17.2 Å². The zero-order valence-corrected chi connectivity index (χ0v) is 15.4. The molecule has 0 fully saturated rings. The molecule has 1 amide bonds. The van der Waals surface area contributed by atoms with Gasteiger partial charge in [0.15, 0.2) is 11.5 Å². The van der Waals surface area contributed by atoms with E-state index < -0.39 is 12.0 Å². The van der Waals surface area contributed by atoms with Crippen molar-refractivity contribution in [2.24, 2.45) is 5.10 Å². The summed E-state index contributed by atoms with van der Waals surface area (Å²) in [4.78, 5) is 14.3. The standard InChI is InChI=1S/C20H23N3O4/c1-3-23(4-2)15-10-9-14(16(24)11-15)12-21-22-20(25)19-13-26-17-7-5-6-8-18(17)27-19/h5-12,19,24H,3-4,13H2,1-2H3,(H,22,25)/b21-12-/t19-/m1/s1. The number of hydrazone groups is 1. The maximum atomic E-state index is 12.2. The maximum Gasteiger partial charge on any atom is 0.284 e. The summed E-state index contributed by atoms with van der Waals surface area (Å²) in [6.07, 6.45) is 0.618. The van der Waals surface area contributed by atoms with Crippen molar-refractivity contribution in [3.05, 3.63) is 48.0 Å². The number of nitrogens with one attached hydrogen (secondary N) is 1. The molecule has 0 aliphatic carbocycles. The summed E-state index contributed by atoms with van der Waals surface area (Å²) in [6, 6.07) is 12.5. The van der Waals surface area contributed by atoms with Crippen LogP contribution in [0.25, 0.3) is 0 Å². The first-order valence-electron chi connectivity index (χ1n) is 8.91. The van der Waals surface area contributed by atoms with Gasteiger partial charge in [0, 0.05) is 30.4 Å². The first kappa shape index (κ1) is 18.6.